The minimum absolute atomic E-state index is 0. The smallest absolute Gasteiger partial charge is 0.870 e. The molecule has 0 radical (unpaired) electrons. The van der Waals surface area contributed by atoms with Crippen molar-refractivity contribution in [1.82, 2.24) is 18.3 Å². The Labute approximate surface area is 331 Å². The van der Waals surface area contributed by atoms with Crippen molar-refractivity contribution in [3.63, 3.8) is 0 Å². The Morgan fingerprint density at radius 2 is 1.20 bits per heavy atom. The fraction of sp³-hybridized carbons (Fsp3) is 0.512. The van der Waals surface area contributed by atoms with Crippen LogP contribution < -0.4 is 30.2 Å². The first-order valence-corrected chi connectivity index (χ1v) is 21.4. The molecule has 2 fully saturated rings. The molecule has 2 N–H and O–H groups in total. The number of rotatable bonds is 6. The average Bonchev–Trinajstić information content (AvgIpc) is 3.50. The zero-order valence-electron chi connectivity index (χ0n) is 32.1. The number of esters is 1. The number of aliphatic carboxylic acids is 1. The van der Waals surface area contributed by atoms with E-state index in [2.05, 4.69) is 37.0 Å². The number of carbonyl (C=O) groups is 2. The fourth-order valence-corrected chi connectivity index (χ4v) is 7.98. The number of fused-ring (bicyclic) bond motifs is 2. The third kappa shape index (κ3) is 10.5. The molecule has 13 heteroatoms. The summed E-state index contributed by atoms with van der Waals surface area (Å²) < 4.78 is 11.9. The van der Waals surface area contributed by atoms with Gasteiger partial charge in [0, 0.05) is 38.3 Å². The summed E-state index contributed by atoms with van der Waals surface area (Å²) in [5.74, 6) is 5.61. The molecule has 0 saturated heterocycles. The first kappa shape index (κ1) is 46.0. The third-order valence-corrected chi connectivity index (χ3v) is 11.4. The second-order valence-corrected chi connectivity index (χ2v) is 20.0. The van der Waals surface area contributed by atoms with Crippen molar-refractivity contribution in [3.05, 3.63) is 68.5 Å². The van der Waals surface area contributed by atoms with Gasteiger partial charge in [-0.05, 0) is 99.6 Å². The molecule has 0 atom stereocenters. The zero-order valence-corrected chi connectivity index (χ0v) is 33.1. The first-order valence-electron chi connectivity index (χ1n) is 17.9. The summed E-state index contributed by atoms with van der Waals surface area (Å²) in [7, 11) is 3.58. The van der Waals surface area contributed by atoms with Gasteiger partial charge in [-0.3, -0.25) is 27.9 Å². The van der Waals surface area contributed by atoms with Crippen LogP contribution in [0.4, 0.5) is 0 Å². The molecule has 2 aromatic heterocycles. The molecule has 11 nitrogen and oxygen atoms in total. The van der Waals surface area contributed by atoms with Crippen LogP contribution in [-0.2, 0) is 41.5 Å². The van der Waals surface area contributed by atoms with E-state index in [0.717, 1.165) is 71.7 Å². The minimum Gasteiger partial charge on any atom is -0.870 e. The van der Waals surface area contributed by atoms with Crippen molar-refractivity contribution in [3.8, 4) is 23.8 Å². The second-order valence-electron chi connectivity index (χ2n) is 15.3. The van der Waals surface area contributed by atoms with Crippen LogP contribution in [0.2, 0.25) is 19.6 Å². The van der Waals surface area contributed by atoms with Crippen LogP contribution in [-0.4, -0.2) is 56.0 Å². The number of carboxylic acids is 1. The number of terminal acetylenes is 1. The van der Waals surface area contributed by atoms with Crippen molar-refractivity contribution >= 4 is 42.1 Å². The van der Waals surface area contributed by atoms with E-state index in [1.165, 1.54) is 7.11 Å². The normalized spacial score (nSPS) is 19.4. The second kappa shape index (κ2) is 19.4. The van der Waals surface area contributed by atoms with E-state index < -0.39 is 14.0 Å². The van der Waals surface area contributed by atoms with Crippen molar-refractivity contribution < 1.29 is 43.8 Å². The summed E-state index contributed by atoms with van der Waals surface area (Å²) >= 11 is 0. The van der Waals surface area contributed by atoms with Crippen LogP contribution in [0.15, 0.2) is 46.0 Å². The van der Waals surface area contributed by atoms with E-state index in [1.807, 2.05) is 48.0 Å². The van der Waals surface area contributed by atoms with E-state index in [4.69, 9.17) is 16.3 Å². The number of aryl methyl sites for hydroxylation is 2. The van der Waals surface area contributed by atoms with Gasteiger partial charge in [-0.25, -0.2) is 9.59 Å². The standard InChI is InChI=1S/C22H30N2O3Si.C18H20N2O3.CH4.Li.H2O/c1-23-19-11-8-16(12-13-28(3,4)5)14-20(19)24(22(23)26)15-17-6-9-18(10-7-17)21(25)27-2;1-3-12-6-9-15-16(10-12)20(18(23)19(15)2)11-13-4-7-14(8-5-13)17(21)22;;;/h8,11,14,17-18H,6-7,9-10,15H2,1-5H3;1,6,9-10,13-14H,4-5,7-8,11H2,2H3,(H,21,22);1H4;;1H2/q;;;+1;/p-1. The maximum absolute atomic E-state index is 12.8. The van der Waals surface area contributed by atoms with Crippen LogP contribution >= 0.6 is 0 Å². The number of aromatic nitrogens is 4. The molecule has 2 heterocycles. The van der Waals surface area contributed by atoms with E-state index in [1.54, 1.807) is 20.7 Å². The van der Waals surface area contributed by atoms with Crippen molar-refractivity contribution in [2.75, 3.05) is 7.11 Å². The number of benzene rings is 2. The van der Waals surface area contributed by atoms with Gasteiger partial charge in [0.05, 0.1) is 41.0 Å². The topological polar surface area (TPSA) is 147 Å². The molecule has 2 aliphatic carbocycles. The monoisotopic (exact) mass is 750 g/mol. The zero-order chi connectivity index (χ0) is 37.0. The molecule has 4 aromatic rings. The fourth-order valence-electron chi connectivity index (χ4n) is 7.46. The number of methoxy groups -OCH3 is 1. The number of carbonyl (C=O) groups excluding carboxylic acids is 1. The van der Waals surface area contributed by atoms with Gasteiger partial charge in [0.25, 0.3) is 0 Å². The number of imidazole rings is 2. The van der Waals surface area contributed by atoms with E-state index in [0.29, 0.717) is 37.8 Å². The Bertz CT molecular complexity index is 2160. The molecule has 0 aliphatic heterocycles. The summed E-state index contributed by atoms with van der Waals surface area (Å²) in [6.45, 7) is 7.98. The van der Waals surface area contributed by atoms with Gasteiger partial charge in [-0.15, -0.1) is 12.0 Å². The molecule has 2 aliphatic rings. The molecule has 0 unspecified atom stereocenters. The molecule has 2 saturated carbocycles. The average molecular weight is 751 g/mol. The predicted octanol–water partition coefficient (Wildman–Crippen LogP) is 3.22. The van der Waals surface area contributed by atoms with Crippen molar-refractivity contribution in [2.24, 2.45) is 37.8 Å². The third-order valence-electron chi connectivity index (χ3n) is 10.5. The SMILES string of the molecule is C.C#Cc1ccc2c(c1)n(CC1CCC(C(=O)O)CC1)c(=O)n2C.COC(=O)C1CCC(Cn2c(=O)n(C)c3ccc(C#C[Si](C)(C)C)cc32)CC1.[Li+].[OH-]. The Balaban J connectivity index is 0.000000359. The van der Waals surface area contributed by atoms with Gasteiger partial charge in [0.2, 0.25) is 0 Å². The maximum Gasteiger partial charge on any atom is 1.00 e. The van der Waals surface area contributed by atoms with Gasteiger partial charge in [-0.2, -0.15) is 0 Å². The maximum atomic E-state index is 12.8. The Hall–Kier alpha value is -4.19. The van der Waals surface area contributed by atoms with Crippen LogP contribution in [0.3, 0.4) is 0 Å². The van der Waals surface area contributed by atoms with Gasteiger partial charge < -0.3 is 15.3 Å². The van der Waals surface area contributed by atoms with Crippen LogP contribution in [0.5, 0.6) is 0 Å². The number of nitrogens with zero attached hydrogens (tertiary/aromatic N) is 4. The van der Waals surface area contributed by atoms with Crippen LogP contribution in [0.1, 0.15) is 69.9 Å². The number of hydrogen-bond acceptors (Lipinski definition) is 6. The Kier molecular flexibility index (Phi) is 16.5. The van der Waals surface area contributed by atoms with Gasteiger partial charge in [-0.1, -0.05) is 38.9 Å². The molecule has 0 spiro atoms. The molecule has 0 amide bonds. The molecular formula is C41H55LiN4O7Si. The molecule has 2 aromatic carbocycles. The van der Waals surface area contributed by atoms with Crippen LogP contribution in [0.25, 0.3) is 22.1 Å². The molecular weight excluding hydrogens is 695 g/mol. The van der Waals surface area contributed by atoms with Crippen molar-refractivity contribution in [2.45, 2.75) is 91.5 Å². The number of ether oxygens (including phenoxy) is 1. The number of hydrogen-bond donors (Lipinski definition) is 1. The molecule has 286 valence electrons. The van der Waals surface area contributed by atoms with E-state index in [-0.39, 0.29) is 60.9 Å². The van der Waals surface area contributed by atoms with E-state index in [9.17, 15) is 19.2 Å². The molecule has 6 rings (SSSR count). The van der Waals surface area contributed by atoms with Crippen LogP contribution in [0, 0.1) is 47.5 Å². The summed E-state index contributed by atoms with van der Waals surface area (Å²) in [6, 6.07) is 11.6. The molecule has 54 heavy (non-hydrogen) atoms. The molecule has 0 bridgehead atoms. The summed E-state index contributed by atoms with van der Waals surface area (Å²) in [5, 5.41) is 9.08. The largest absolute Gasteiger partial charge is 1.00 e. The summed E-state index contributed by atoms with van der Waals surface area (Å²) in [6.07, 6.45) is 12.1. The predicted molar refractivity (Wildman–Crippen MR) is 212 cm³/mol. The van der Waals surface area contributed by atoms with Gasteiger partial charge >= 0.3 is 42.2 Å². The first-order chi connectivity index (χ1) is 24.2. The Morgan fingerprint density at radius 1 is 0.778 bits per heavy atom. The van der Waals surface area contributed by atoms with Crippen molar-refractivity contribution in [1.29, 1.82) is 0 Å². The summed E-state index contributed by atoms with van der Waals surface area (Å²) in [4.78, 5) is 48.1. The van der Waals surface area contributed by atoms with E-state index >= 15 is 0 Å². The quantitative estimate of drug-likeness (QED) is 0.181. The summed E-state index contributed by atoms with van der Waals surface area (Å²) in [5.41, 5.74) is 8.69. The van der Waals surface area contributed by atoms with Gasteiger partial charge in [0.1, 0.15) is 8.07 Å². The Morgan fingerprint density at radius 3 is 1.61 bits per heavy atom. The minimum atomic E-state index is -1.45. The van der Waals surface area contributed by atoms with Gasteiger partial charge in [0.15, 0.2) is 0 Å². The number of carboxylic acid groups (broad SMARTS) is 1.